The third kappa shape index (κ3) is 5.18. The molecule has 1 heterocycles. The largest absolute Gasteiger partial charge is 0.228 e. The zero-order valence-electron chi connectivity index (χ0n) is 29.7. The summed E-state index contributed by atoms with van der Waals surface area (Å²) in [6.45, 7) is 4.69. The van der Waals surface area contributed by atoms with Crippen LogP contribution >= 0.6 is 0 Å². The van der Waals surface area contributed by atoms with Crippen LogP contribution in [-0.4, -0.2) is 9.97 Å². The average Bonchev–Trinajstić information content (AvgIpc) is 3.45. The van der Waals surface area contributed by atoms with E-state index >= 15 is 0 Å². The predicted molar refractivity (Wildman–Crippen MR) is 222 cm³/mol. The van der Waals surface area contributed by atoms with Gasteiger partial charge >= 0.3 is 0 Å². The van der Waals surface area contributed by atoms with Crippen LogP contribution in [-0.2, 0) is 5.41 Å². The van der Waals surface area contributed by atoms with Crippen molar-refractivity contribution in [2.75, 3.05) is 0 Å². The molecule has 0 fully saturated rings. The maximum atomic E-state index is 5.27. The highest BCUT2D eigenvalue weighted by Gasteiger charge is 2.35. The summed E-state index contributed by atoms with van der Waals surface area (Å²) in [4.78, 5) is 10.5. The lowest BCUT2D eigenvalue weighted by Crippen LogP contribution is -2.14. The molecule has 0 N–H and O–H groups in total. The second-order valence-corrected chi connectivity index (χ2v) is 14.6. The van der Waals surface area contributed by atoms with Crippen LogP contribution in [0.4, 0.5) is 0 Å². The minimum Gasteiger partial charge on any atom is -0.228 e. The van der Waals surface area contributed by atoms with Gasteiger partial charge in [-0.1, -0.05) is 178 Å². The van der Waals surface area contributed by atoms with Crippen LogP contribution in [0.1, 0.15) is 25.0 Å². The number of rotatable bonds is 5. The van der Waals surface area contributed by atoms with E-state index < -0.39 is 0 Å². The quantitative estimate of drug-likeness (QED) is 0.181. The molecule has 9 aromatic rings. The molecule has 2 heteroatoms. The lowest BCUT2D eigenvalue weighted by molar-refractivity contribution is 0.660. The van der Waals surface area contributed by atoms with E-state index in [4.69, 9.17) is 9.97 Å². The fourth-order valence-corrected chi connectivity index (χ4v) is 8.40. The van der Waals surface area contributed by atoms with Gasteiger partial charge in [0.15, 0.2) is 5.82 Å². The average molecular weight is 677 g/mol. The van der Waals surface area contributed by atoms with Crippen molar-refractivity contribution >= 4 is 21.5 Å². The van der Waals surface area contributed by atoms with E-state index in [2.05, 4.69) is 190 Å². The van der Waals surface area contributed by atoms with Crippen molar-refractivity contribution in [1.29, 1.82) is 0 Å². The summed E-state index contributed by atoms with van der Waals surface area (Å²) >= 11 is 0. The summed E-state index contributed by atoms with van der Waals surface area (Å²) in [6.07, 6.45) is 0. The molecule has 0 bridgehead atoms. The number of benzene rings is 8. The summed E-state index contributed by atoms with van der Waals surface area (Å²) in [6, 6.07) is 65.4. The first kappa shape index (κ1) is 31.1. The minimum absolute atomic E-state index is 0.0635. The van der Waals surface area contributed by atoms with Gasteiger partial charge < -0.3 is 0 Å². The second-order valence-electron chi connectivity index (χ2n) is 14.6. The lowest BCUT2D eigenvalue weighted by atomic mass is 9.81. The Bertz CT molecular complexity index is 2870. The van der Waals surface area contributed by atoms with Gasteiger partial charge in [-0.3, -0.25) is 0 Å². The summed E-state index contributed by atoms with van der Waals surface area (Å²) in [5.74, 6) is 0.708. The van der Waals surface area contributed by atoms with Gasteiger partial charge in [-0.05, 0) is 84.3 Å². The highest BCUT2D eigenvalue weighted by Crippen LogP contribution is 2.50. The van der Waals surface area contributed by atoms with Gasteiger partial charge in [-0.25, -0.2) is 9.97 Å². The van der Waals surface area contributed by atoms with Crippen molar-refractivity contribution in [3.63, 3.8) is 0 Å². The highest BCUT2D eigenvalue weighted by molar-refractivity contribution is 6.05. The van der Waals surface area contributed by atoms with Crippen molar-refractivity contribution < 1.29 is 0 Å². The Balaban J connectivity index is 1.14. The normalized spacial score (nSPS) is 12.9. The molecular formula is C51H36N2. The van der Waals surface area contributed by atoms with E-state index in [9.17, 15) is 0 Å². The minimum atomic E-state index is -0.0635. The zero-order valence-corrected chi connectivity index (χ0v) is 29.7. The molecule has 1 aliphatic carbocycles. The monoisotopic (exact) mass is 676 g/mol. The Hall–Kier alpha value is -6.64. The molecule has 0 atom stereocenters. The van der Waals surface area contributed by atoms with Gasteiger partial charge in [0, 0.05) is 22.1 Å². The van der Waals surface area contributed by atoms with E-state index in [-0.39, 0.29) is 5.41 Å². The second kappa shape index (κ2) is 12.3. The molecule has 0 saturated carbocycles. The van der Waals surface area contributed by atoms with Crippen molar-refractivity contribution in [3.8, 4) is 67.3 Å². The molecule has 0 aliphatic heterocycles. The third-order valence-electron chi connectivity index (χ3n) is 11.1. The van der Waals surface area contributed by atoms with Crippen LogP contribution in [0.2, 0.25) is 0 Å². The SMILES string of the molecule is CC1(C)c2ccccc2-c2ccc(-c3ccc(-c4cc(-c5ccccc5-c5ccc6ccccc6c5)nc(-c5ccccc5)n4)c4ccccc34)cc21. The number of hydrogen-bond acceptors (Lipinski definition) is 2. The fourth-order valence-electron chi connectivity index (χ4n) is 8.40. The van der Waals surface area contributed by atoms with Gasteiger partial charge in [0.25, 0.3) is 0 Å². The van der Waals surface area contributed by atoms with Gasteiger partial charge in [0.2, 0.25) is 0 Å². The van der Waals surface area contributed by atoms with Crippen molar-refractivity contribution in [1.82, 2.24) is 9.97 Å². The number of aromatic nitrogens is 2. The molecule has 0 amide bonds. The summed E-state index contributed by atoms with van der Waals surface area (Å²) in [5.41, 5.74) is 15.1. The van der Waals surface area contributed by atoms with E-state index in [1.165, 1.54) is 54.9 Å². The molecule has 0 spiro atoms. The molecular weight excluding hydrogens is 641 g/mol. The predicted octanol–water partition coefficient (Wildman–Crippen LogP) is 13.4. The van der Waals surface area contributed by atoms with Gasteiger partial charge in [-0.15, -0.1) is 0 Å². The molecule has 2 nitrogen and oxygen atoms in total. The summed E-state index contributed by atoms with van der Waals surface area (Å²) in [5, 5.41) is 4.82. The molecule has 10 rings (SSSR count). The van der Waals surface area contributed by atoms with Crippen LogP contribution in [0.5, 0.6) is 0 Å². The van der Waals surface area contributed by atoms with Crippen molar-refractivity contribution in [2.24, 2.45) is 0 Å². The van der Waals surface area contributed by atoms with Crippen molar-refractivity contribution in [3.05, 3.63) is 193 Å². The molecule has 0 unspecified atom stereocenters. The molecule has 8 aromatic carbocycles. The molecule has 1 aromatic heterocycles. The highest BCUT2D eigenvalue weighted by atomic mass is 14.9. The Morgan fingerprint density at radius 3 is 1.70 bits per heavy atom. The van der Waals surface area contributed by atoms with Gasteiger partial charge in [-0.2, -0.15) is 0 Å². The van der Waals surface area contributed by atoms with Crippen LogP contribution in [0.25, 0.3) is 88.8 Å². The van der Waals surface area contributed by atoms with E-state index in [1.807, 2.05) is 6.07 Å². The molecule has 1 aliphatic rings. The first-order valence-electron chi connectivity index (χ1n) is 18.3. The van der Waals surface area contributed by atoms with Crippen molar-refractivity contribution in [2.45, 2.75) is 19.3 Å². The smallest absolute Gasteiger partial charge is 0.160 e. The van der Waals surface area contributed by atoms with Gasteiger partial charge in [0.1, 0.15) is 0 Å². The number of fused-ring (bicyclic) bond motifs is 5. The Morgan fingerprint density at radius 1 is 0.340 bits per heavy atom. The molecule has 0 radical (unpaired) electrons. The fraction of sp³-hybridized carbons (Fsp3) is 0.0588. The molecule has 53 heavy (non-hydrogen) atoms. The number of nitrogens with zero attached hydrogens (tertiary/aromatic N) is 2. The summed E-state index contributed by atoms with van der Waals surface area (Å²) in [7, 11) is 0. The lowest BCUT2D eigenvalue weighted by Gasteiger charge is -2.22. The van der Waals surface area contributed by atoms with Crippen LogP contribution in [0.15, 0.2) is 182 Å². The summed E-state index contributed by atoms with van der Waals surface area (Å²) < 4.78 is 0. The van der Waals surface area contributed by atoms with Crippen LogP contribution in [0.3, 0.4) is 0 Å². The third-order valence-corrected chi connectivity index (χ3v) is 11.1. The number of hydrogen-bond donors (Lipinski definition) is 0. The van der Waals surface area contributed by atoms with Gasteiger partial charge in [0.05, 0.1) is 11.4 Å². The maximum Gasteiger partial charge on any atom is 0.160 e. The zero-order chi connectivity index (χ0) is 35.5. The topological polar surface area (TPSA) is 25.8 Å². The molecule has 0 saturated heterocycles. The van der Waals surface area contributed by atoms with Crippen LogP contribution < -0.4 is 0 Å². The maximum absolute atomic E-state index is 5.27. The Morgan fingerprint density at radius 2 is 0.887 bits per heavy atom. The van der Waals surface area contributed by atoms with E-state index in [0.717, 1.165) is 39.2 Å². The Kier molecular flexibility index (Phi) is 7.19. The first-order valence-corrected chi connectivity index (χ1v) is 18.3. The Labute approximate surface area is 310 Å². The standard InChI is InChI=1S/C51H36N2/c1-51(2)46-23-13-12-21-42(46)43-27-26-37(31-47(43)51)39-28-29-45(41-20-10-9-19-40(39)41)49-32-48(52-50(53-49)34-15-4-3-5-16-34)44-22-11-8-18-38(44)36-25-24-33-14-6-7-17-35(33)30-36/h3-32H,1-2H3. The van der Waals surface area contributed by atoms with E-state index in [1.54, 1.807) is 0 Å². The van der Waals surface area contributed by atoms with E-state index in [0.29, 0.717) is 5.82 Å². The molecule has 250 valence electrons. The first-order chi connectivity index (χ1) is 26.0. The van der Waals surface area contributed by atoms with Crippen LogP contribution in [0, 0.1) is 0 Å².